The first kappa shape index (κ1) is 9.98. The lowest BCUT2D eigenvalue weighted by atomic mass is 10.3. The van der Waals surface area contributed by atoms with Gasteiger partial charge in [0.25, 0.3) is 0 Å². The zero-order valence-electron chi connectivity index (χ0n) is 7.66. The third-order valence-corrected chi connectivity index (χ3v) is 1.96. The molecule has 1 aliphatic rings. The summed E-state index contributed by atoms with van der Waals surface area (Å²) in [6, 6.07) is -0.00150. The summed E-state index contributed by atoms with van der Waals surface area (Å²) in [5, 5.41) is 0. The number of likely N-dealkylation sites (tertiary alicyclic amines) is 1. The van der Waals surface area contributed by atoms with Gasteiger partial charge in [-0.1, -0.05) is 0 Å². The molecule has 0 radical (unpaired) electrons. The third-order valence-electron chi connectivity index (χ3n) is 1.96. The fraction of sp³-hybridized carbons (Fsp3) is 0.750. The normalized spacial score (nSPS) is 21.7. The second-order valence-corrected chi connectivity index (χ2v) is 3.02. The van der Waals surface area contributed by atoms with Gasteiger partial charge in [0.2, 0.25) is 0 Å². The molecular weight excluding hydrogens is 172 g/mol. The van der Waals surface area contributed by atoms with E-state index >= 15 is 0 Å². The molecule has 0 aromatic heterocycles. The fourth-order valence-corrected chi connectivity index (χ4v) is 1.29. The van der Waals surface area contributed by atoms with Crippen molar-refractivity contribution in [2.45, 2.75) is 19.4 Å². The average Bonchev–Trinajstić information content (AvgIpc) is 2.51. The zero-order chi connectivity index (χ0) is 9.84. The van der Waals surface area contributed by atoms with Crippen LogP contribution in [0.4, 0.5) is 0 Å². The minimum atomic E-state index is -0.781. The molecule has 0 aromatic carbocycles. The summed E-state index contributed by atoms with van der Waals surface area (Å²) in [5.74, 6) is -1.36. The van der Waals surface area contributed by atoms with Gasteiger partial charge in [0, 0.05) is 19.1 Å². The van der Waals surface area contributed by atoms with E-state index in [4.69, 9.17) is 5.73 Å². The molecular formula is C8H14N2O3. The quantitative estimate of drug-likeness (QED) is 0.426. The molecule has 74 valence electrons. The van der Waals surface area contributed by atoms with Crippen LogP contribution in [0, 0.1) is 0 Å². The van der Waals surface area contributed by atoms with E-state index in [1.807, 2.05) is 0 Å². The van der Waals surface area contributed by atoms with Crippen LogP contribution in [-0.4, -0.2) is 42.5 Å². The molecule has 1 atom stereocenters. The number of nitrogens with two attached hydrogens (primary N) is 1. The second kappa shape index (κ2) is 4.23. The number of nitrogens with zero attached hydrogens (tertiary/aromatic N) is 1. The van der Waals surface area contributed by atoms with Crippen molar-refractivity contribution in [2.24, 2.45) is 5.73 Å². The standard InChI is InChI=1S/C8H14N2O3/c1-2-13-8(12)7(11)10-4-3-6(9)5-10/h6H,2-5,9H2,1H3/t6-/m0/s1. The largest absolute Gasteiger partial charge is 0.459 e. The molecule has 5 nitrogen and oxygen atoms in total. The zero-order valence-corrected chi connectivity index (χ0v) is 7.66. The molecule has 5 heteroatoms. The monoisotopic (exact) mass is 186 g/mol. The fourth-order valence-electron chi connectivity index (χ4n) is 1.29. The Labute approximate surface area is 76.8 Å². The van der Waals surface area contributed by atoms with Crippen LogP contribution < -0.4 is 5.73 Å². The van der Waals surface area contributed by atoms with E-state index in [0.29, 0.717) is 13.1 Å². The molecule has 0 saturated carbocycles. The summed E-state index contributed by atoms with van der Waals surface area (Å²) in [6.07, 6.45) is 0.755. The van der Waals surface area contributed by atoms with Crippen molar-refractivity contribution in [3.63, 3.8) is 0 Å². The number of hydrogen-bond donors (Lipinski definition) is 1. The lowest BCUT2D eigenvalue weighted by Gasteiger charge is -2.13. The van der Waals surface area contributed by atoms with E-state index in [0.717, 1.165) is 6.42 Å². The van der Waals surface area contributed by atoms with Crippen molar-refractivity contribution >= 4 is 11.9 Å². The Balaban J connectivity index is 2.43. The summed E-state index contributed by atoms with van der Waals surface area (Å²) in [4.78, 5) is 23.7. The van der Waals surface area contributed by atoms with E-state index in [1.54, 1.807) is 6.92 Å². The Bertz CT molecular complexity index is 217. The molecule has 2 N–H and O–H groups in total. The summed E-state index contributed by atoms with van der Waals surface area (Å²) >= 11 is 0. The van der Waals surface area contributed by atoms with Crippen molar-refractivity contribution in [3.8, 4) is 0 Å². The van der Waals surface area contributed by atoms with Gasteiger partial charge < -0.3 is 15.4 Å². The molecule has 1 saturated heterocycles. The maximum atomic E-state index is 11.3. The highest BCUT2D eigenvalue weighted by molar-refractivity contribution is 6.32. The van der Waals surface area contributed by atoms with Crippen LogP contribution in [0.5, 0.6) is 0 Å². The first-order chi connectivity index (χ1) is 6.15. The molecule has 0 unspecified atom stereocenters. The van der Waals surface area contributed by atoms with Crippen LogP contribution in [-0.2, 0) is 14.3 Å². The predicted molar refractivity (Wildman–Crippen MR) is 45.8 cm³/mol. The van der Waals surface area contributed by atoms with E-state index in [9.17, 15) is 9.59 Å². The number of carbonyl (C=O) groups is 2. The molecule has 1 rings (SSSR count). The van der Waals surface area contributed by atoms with E-state index in [1.165, 1.54) is 4.90 Å². The lowest BCUT2D eigenvalue weighted by Crippen LogP contribution is -2.37. The Kier molecular flexibility index (Phi) is 3.25. The predicted octanol–water partition coefficient (Wildman–Crippen LogP) is -0.891. The van der Waals surface area contributed by atoms with Crippen LogP contribution in [0.2, 0.25) is 0 Å². The van der Waals surface area contributed by atoms with E-state index in [-0.39, 0.29) is 12.6 Å². The van der Waals surface area contributed by atoms with E-state index in [2.05, 4.69) is 4.74 Å². The maximum Gasteiger partial charge on any atom is 0.397 e. The van der Waals surface area contributed by atoms with Gasteiger partial charge in [-0.05, 0) is 13.3 Å². The Morgan fingerprint density at radius 3 is 2.77 bits per heavy atom. The molecule has 0 aromatic rings. The van der Waals surface area contributed by atoms with Crippen LogP contribution >= 0.6 is 0 Å². The van der Waals surface area contributed by atoms with Gasteiger partial charge in [-0.25, -0.2) is 4.79 Å². The number of ether oxygens (including phenoxy) is 1. The van der Waals surface area contributed by atoms with Crippen LogP contribution in [0.15, 0.2) is 0 Å². The van der Waals surface area contributed by atoms with Gasteiger partial charge in [-0.15, -0.1) is 0 Å². The summed E-state index contributed by atoms with van der Waals surface area (Å²) in [7, 11) is 0. The minimum Gasteiger partial charge on any atom is -0.459 e. The first-order valence-corrected chi connectivity index (χ1v) is 4.36. The summed E-state index contributed by atoms with van der Waals surface area (Å²) in [5.41, 5.74) is 5.59. The number of amides is 1. The molecule has 13 heavy (non-hydrogen) atoms. The van der Waals surface area contributed by atoms with Gasteiger partial charge >= 0.3 is 11.9 Å². The van der Waals surface area contributed by atoms with Crippen LogP contribution in [0.25, 0.3) is 0 Å². The summed E-state index contributed by atoms with van der Waals surface area (Å²) in [6.45, 7) is 2.90. The van der Waals surface area contributed by atoms with Gasteiger partial charge in [0.15, 0.2) is 0 Å². The third kappa shape index (κ3) is 2.42. The number of esters is 1. The SMILES string of the molecule is CCOC(=O)C(=O)N1CC[C@H](N)C1. The molecule has 1 heterocycles. The average molecular weight is 186 g/mol. The highest BCUT2D eigenvalue weighted by Crippen LogP contribution is 2.07. The highest BCUT2D eigenvalue weighted by atomic mass is 16.5. The molecule has 1 aliphatic heterocycles. The number of hydrogen-bond acceptors (Lipinski definition) is 4. The van der Waals surface area contributed by atoms with Crippen LogP contribution in [0.1, 0.15) is 13.3 Å². The molecule has 0 spiro atoms. The summed E-state index contributed by atoms with van der Waals surface area (Å²) < 4.78 is 4.58. The molecule has 0 aliphatic carbocycles. The van der Waals surface area contributed by atoms with E-state index < -0.39 is 11.9 Å². The minimum absolute atomic E-state index is 0.00150. The molecule has 1 fully saturated rings. The topological polar surface area (TPSA) is 72.6 Å². The van der Waals surface area contributed by atoms with Gasteiger partial charge in [0.1, 0.15) is 0 Å². The van der Waals surface area contributed by atoms with Crippen molar-refractivity contribution in [3.05, 3.63) is 0 Å². The van der Waals surface area contributed by atoms with Gasteiger partial charge in [-0.3, -0.25) is 4.79 Å². The van der Waals surface area contributed by atoms with Crippen LogP contribution in [0.3, 0.4) is 0 Å². The van der Waals surface area contributed by atoms with Gasteiger partial charge in [-0.2, -0.15) is 0 Å². The number of carbonyl (C=O) groups excluding carboxylic acids is 2. The van der Waals surface area contributed by atoms with Crippen molar-refractivity contribution in [1.29, 1.82) is 0 Å². The number of rotatable bonds is 1. The Morgan fingerprint density at radius 1 is 1.62 bits per heavy atom. The highest BCUT2D eigenvalue weighted by Gasteiger charge is 2.28. The first-order valence-electron chi connectivity index (χ1n) is 4.36. The van der Waals surface area contributed by atoms with Crippen molar-refractivity contribution in [1.82, 2.24) is 4.90 Å². The van der Waals surface area contributed by atoms with Crippen molar-refractivity contribution < 1.29 is 14.3 Å². The molecule has 1 amide bonds. The van der Waals surface area contributed by atoms with Gasteiger partial charge in [0.05, 0.1) is 6.61 Å². The smallest absolute Gasteiger partial charge is 0.397 e. The Hall–Kier alpha value is -1.10. The maximum absolute atomic E-state index is 11.3. The van der Waals surface area contributed by atoms with Crippen molar-refractivity contribution in [2.75, 3.05) is 19.7 Å². The Morgan fingerprint density at radius 2 is 2.31 bits per heavy atom. The molecule has 0 bridgehead atoms. The lowest BCUT2D eigenvalue weighted by molar-refractivity contribution is -0.159. The second-order valence-electron chi connectivity index (χ2n) is 3.02.